The van der Waals surface area contributed by atoms with Gasteiger partial charge in [0, 0.05) is 7.11 Å². The standard InChI is InChI=1S/C11H8F5N3O2/c1-20-2-3(17)10-18-11(21-19-10)4-5(12)7(14)9(16)8(15)6(4)13/h3H,2,17H2,1H3. The largest absolute Gasteiger partial charge is 0.383 e. The minimum Gasteiger partial charge on any atom is -0.383 e. The van der Waals surface area contributed by atoms with Crippen LogP contribution in [0, 0.1) is 29.1 Å². The highest BCUT2D eigenvalue weighted by atomic mass is 19.2. The van der Waals surface area contributed by atoms with Gasteiger partial charge in [-0.3, -0.25) is 0 Å². The molecule has 2 aromatic rings. The van der Waals surface area contributed by atoms with Crippen molar-refractivity contribution < 1.29 is 31.2 Å². The summed E-state index contributed by atoms with van der Waals surface area (Å²) >= 11 is 0. The highest BCUT2D eigenvalue weighted by Crippen LogP contribution is 2.30. The van der Waals surface area contributed by atoms with E-state index in [0.29, 0.717) is 0 Å². The van der Waals surface area contributed by atoms with Gasteiger partial charge in [-0.15, -0.1) is 0 Å². The molecule has 2 rings (SSSR count). The van der Waals surface area contributed by atoms with Crippen LogP contribution in [0.2, 0.25) is 0 Å². The zero-order valence-corrected chi connectivity index (χ0v) is 10.5. The Labute approximate surface area is 114 Å². The Balaban J connectivity index is 2.53. The Hall–Kier alpha value is -2.07. The molecule has 1 atom stereocenters. The first-order chi connectivity index (χ1) is 9.88. The van der Waals surface area contributed by atoms with E-state index in [2.05, 4.69) is 14.7 Å². The van der Waals surface area contributed by atoms with Crippen molar-refractivity contribution in [2.45, 2.75) is 6.04 Å². The minimum absolute atomic E-state index is 0.0317. The topological polar surface area (TPSA) is 74.2 Å². The number of nitrogens with two attached hydrogens (primary N) is 1. The smallest absolute Gasteiger partial charge is 0.264 e. The van der Waals surface area contributed by atoms with Crippen LogP contribution >= 0.6 is 0 Å². The van der Waals surface area contributed by atoms with E-state index in [4.69, 9.17) is 10.5 Å². The molecule has 0 aliphatic heterocycles. The van der Waals surface area contributed by atoms with Crippen molar-refractivity contribution in [1.29, 1.82) is 0 Å². The van der Waals surface area contributed by atoms with Crippen molar-refractivity contribution in [1.82, 2.24) is 10.1 Å². The molecule has 1 aromatic heterocycles. The Morgan fingerprint density at radius 3 is 2.10 bits per heavy atom. The minimum atomic E-state index is -2.27. The maximum atomic E-state index is 13.5. The molecule has 0 amide bonds. The average molecular weight is 309 g/mol. The van der Waals surface area contributed by atoms with Gasteiger partial charge in [0.25, 0.3) is 5.89 Å². The summed E-state index contributed by atoms with van der Waals surface area (Å²) in [5.74, 6) is -11.7. The van der Waals surface area contributed by atoms with E-state index in [1.165, 1.54) is 7.11 Å². The fraction of sp³-hybridized carbons (Fsp3) is 0.273. The molecule has 0 fully saturated rings. The fourth-order valence-corrected chi connectivity index (χ4v) is 1.53. The lowest BCUT2D eigenvalue weighted by atomic mass is 10.1. The quantitative estimate of drug-likeness (QED) is 0.532. The van der Waals surface area contributed by atoms with E-state index in [1.54, 1.807) is 0 Å². The van der Waals surface area contributed by atoms with Crippen LogP contribution in [0.1, 0.15) is 11.9 Å². The number of hydrogen-bond acceptors (Lipinski definition) is 5. The zero-order chi connectivity index (χ0) is 15.7. The molecule has 0 radical (unpaired) electrons. The van der Waals surface area contributed by atoms with Crippen LogP contribution in [0.5, 0.6) is 0 Å². The van der Waals surface area contributed by atoms with E-state index < -0.39 is 46.6 Å². The molecule has 0 aliphatic carbocycles. The molecule has 1 aromatic carbocycles. The second-order valence-electron chi connectivity index (χ2n) is 3.96. The summed E-state index contributed by atoms with van der Waals surface area (Å²) in [7, 11) is 1.34. The molecule has 0 spiro atoms. The van der Waals surface area contributed by atoms with Gasteiger partial charge in [-0.1, -0.05) is 5.16 Å². The predicted molar refractivity (Wildman–Crippen MR) is 58.3 cm³/mol. The van der Waals surface area contributed by atoms with Gasteiger partial charge in [0.2, 0.25) is 5.82 Å². The number of halogens is 5. The Kier molecular flexibility index (Phi) is 4.19. The lowest BCUT2D eigenvalue weighted by molar-refractivity contribution is 0.177. The third kappa shape index (κ3) is 2.59. The summed E-state index contributed by atoms with van der Waals surface area (Å²) in [6.45, 7) is -0.0317. The third-order valence-electron chi connectivity index (χ3n) is 2.54. The van der Waals surface area contributed by atoms with Crippen LogP contribution in [-0.4, -0.2) is 23.9 Å². The van der Waals surface area contributed by atoms with Gasteiger partial charge in [0.05, 0.1) is 12.6 Å². The van der Waals surface area contributed by atoms with E-state index >= 15 is 0 Å². The Morgan fingerprint density at radius 1 is 1.05 bits per heavy atom. The van der Waals surface area contributed by atoms with E-state index in [9.17, 15) is 22.0 Å². The second kappa shape index (κ2) is 5.74. The van der Waals surface area contributed by atoms with Crippen molar-refractivity contribution in [2.24, 2.45) is 5.73 Å². The molecule has 2 N–H and O–H groups in total. The molecule has 114 valence electrons. The number of hydrogen-bond donors (Lipinski definition) is 1. The molecule has 5 nitrogen and oxygen atoms in total. The molecular weight excluding hydrogens is 301 g/mol. The number of methoxy groups -OCH3 is 1. The van der Waals surface area contributed by atoms with Crippen LogP contribution in [0.4, 0.5) is 22.0 Å². The van der Waals surface area contributed by atoms with Crippen LogP contribution in [0.15, 0.2) is 4.52 Å². The van der Waals surface area contributed by atoms with Crippen molar-refractivity contribution in [3.8, 4) is 11.5 Å². The Bertz CT molecular complexity index is 647. The summed E-state index contributed by atoms with van der Waals surface area (Å²) in [6.07, 6.45) is 0. The summed E-state index contributed by atoms with van der Waals surface area (Å²) in [5.41, 5.74) is 4.24. The molecular formula is C11H8F5N3O2. The van der Waals surface area contributed by atoms with Gasteiger partial charge in [-0.2, -0.15) is 4.98 Å². The highest BCUT2D eigenvalue weighted by molar-refractivity contribution is 5.55. The Morgan fingerprint density at radius 2 is 1.57 bits per heavy atom. The maximum Gasteiger partial charge on any atom is 0.264 e. The van der Waals surface area contributed by atoms with E-state index in [-0.39, 0.29) is 12.4 Å². The number of benzene rings is 1. The second-order valence-corrected chi connectivity index (χ2v) is 3.96. The van der Waals surface area contributed by atoms with Crippen molar-refractivity contribution in [3.05, 3.63) is 34.9 Å². The van der Waals surface area contributed by atoms with E-state index in [0.717, 1.165) is 0 Å². The lowest BCUT2D eigenvalue weighted by Gasteiger charge is -2.04. The molecule has 1 unspecified atom stereocenters. The summed E-state index contributed by atoms with van der Waals surface area (Å²) in [4.78, 5) is 3.51. The van der Waals surface area contributed by atoms with Crippen LogP contribution in [0.3, 0.4) is 0 Å². The number of nitrogens with zero attached hydrogens (tertiary/aromatic N) is 2. The molecule has 1 heterocycles. The van der Waals surface area contributed by atoms with Gasteiger partial charge >= 0.3 is 0 Å². The maximum absolute atomic E-state index is 13.5. The van der Waals surface area contributed by atoms with Gasteiger partial charge in [-0.05, 0) is 0 Å². The number of ether oxygens (including phenoxy) is 1. The number of aromatic nitrogens is 2. The summed E-state index contributed by atoms with van der Waals surface area (Å²) in [6, 6.07) is -0.881. The van der Waals surface area contributed by atoms with Gasteiger partial charge < -0.3 is 15.0 Å². The lowest BCUT2D eigenvalue weighted by Crippen LogP contribution is -2.17. The molecule has 0 saturated heterocycles. The first-order valence-corrected chi connectivity index (χ1v) is 5.48. The van der Waals surface area contributed by atoms with Gasteiger partial charge in [-0.25, -0.2) is 22.0 Å². The number of rotatable bonds is 4. The molecule has 0 bridgehead atoms. The summed E-state index contributed by atoms with van der Waals surface area (Å²) in [5, 5.41) is 3.31. The van der Waals surface area contributed by atoms with E-state index in [1.807, 2.05) is 0 Å². The first-order valence-electron chi connectivity index (χ1n) is 5.48. The molecule has 0 aliphatic rings. The van der Waals surface area contributed by atoms with Gasteiger partial charge in [0.1, 0.15) is 5.56 Å². The third-order valence-corrected chi connectivity index (χ3v) is 2.54. The first kappa shape index (κ1) is 15.3. The summed E-state index contributed by atoms with van der Waals surface area (Å²) < 4.78 is 75.4. The highest BCUT2D eigenvalue weighted by Gasteiger charge is 2.30. The fourth-order valence-electron chi connectivity index (χ4n) is 1.53. The van der Waals surface area contributed by atoms with Gasteiger partial charge in [0.15, 0.2) is 29.1 Å². The zero-order valence-electron chi connectivity index (χ0n) is 10.5. The predicted octanol–water partition coefficient (Wildman–Crippen LogP) is 2.08. The van der Waals surface area contributed by atoms with Crippen molar-refractivity contribution in [2.75, 3.05) is 13.7 Å². The van der Waals surface area contributed by atoms with Crippen molar-refractivity contribution >= 4 is 0 Å². The SMILES string of the molecule is COCC(N)c1noc(-c2c(F)c(F)c(F)c(F)c2F)n1. The average Bonchev–Trinajstić information content (AvgIpc) is 2.93. The van der Waals surface area contributed by atoms with Crippen LogP contribution in [-0.2, 0) is 4.74 Å². The normalized spacial score (nSPS) is 12.7. The van der Waals surface area contributed by atoms with Crippen LogP contribution in [0.25, 0.3) is 11.5 Å². The van der Waals surface area contributed by atoms with Crippen molar-refractivity contribution in [3.63, 3.8) is 0 Å². The van der Waals surface area contributed by atoms with Crippen LogP contribution < -0.4 is 5.73 Å². The molecule has 10 heteroatoms. The monoisotopic (exact) mass is 309 g/mol. The molecule has 21 heavy (non-hydrogen) atoms. The molecule has 0 saturated carbocycles.